The van der Waals surface area contributed by atoms with Gasteiger partial charge >= 0.3 is 26.2 Å². The summed E-state index contributed by atoms with van der Waals surface area (Å²) in [5.41, 5.74) is 0. The summed E-state index contributed by atoms with van der Waals surface area (Å²) in [5, 5.41) is 0. The minimum absolute atomic E-state index is 0. The zero-order valence-electron chi connectivity index (χ0n) is 4.94. The number of hydrogen-bond donors (Lipinski definition) is 0. The average Bonchev–Trinajstić information content (AvgIpc) is 1.41. The van der Waals surface area contributed by atoms with Crippen molar-refractivity contribution in [2.24, 2.45) is 0 Å². The predicted octanol–water partition coefficient (Wildman–Crippen LogP) is -7.44. The van der Waals surface area contributed by atoms with E-state index in [1.807, 2.05) is 13.0 Å². The van der Waals surface area contributed by atoms with Gasteiger partial charge in [0.15, 0.2) is 0 Å². The third-order valence-electron chi connectivity index (χ3n) is 0.304. The van der Waals surface area contributed by atoms with Gasteiger partial charge in [-0.15, -0.1) is 0 Å². The predicted molar refractivity (Wildman–Crippen MR) is 23.7 cm³/mol. The molecule has 0 radical (unpaired) electrons. The van der Waals surface area contributed by atoms with E-state index in [-0.39, 0.29) is 63.4 Å². The standard InChI is InChI=1S/C5H7.3ClH.Zr/c1-3-5-4-2;;;;/h1,3-5H,2H3;3*1H;/q-1;;;;+4/p-3. The Labute approximate surface area is 94.5 Å². The molecule has 0 amide bonds. The first-order valence-electron chi connectivity index (χ1n) is 1.58. The molecule has 0 atom stereocenters. The Morgan fingerprint density at radius 3 is 1.44 bits per heavy atom. The number of hydrogen-bond acceptors (Lipinski definition) is 0. The molecule has 0 rings (SSSR count). The molecule has 4 heteroatoms. The van der Waals surface area contributed by atoms with E-state index >= 15 is 0 Å². The maximum atomic E-state index is 4.93. The summed E-state index contributed by atoms with van der Waals surface area (Å²) in [4.78, 5) is 0. The van der Waals surface area contributed by atoms with Crippen LogP contribution >= 0.6 is 0 Å². The van der Waals surface area contributed by atoms with Crippen molar-refractivity contribution in [2.75, 3.05) is 0 Å². The molecule has 0 saturated heterocycles. The Kier molecular flexibility index (Phi) is 124. The van der Waals surface area contributed by atoms with Crippen molar-refractivity contribution in [3.63, 3.8) is 0 Å². The monoisotopic (exact) mass is 262 g/mol. The topological polar surface area (TPSA) is 0 Å². The second-order valence-corrected chi connectivity index (χ2v) is 0.718. The molecule has 0 unspecified atom stereocenters. The zero-order valence-corrected chi connectivity index (χ0v) is 9.67. The molecule has 0 aromatic rings. The fourth-order valence-electron chi connectivity index (χ4n) is 0.111. The van der Waals surface area contributed by atoms with Gasteiger partial charge in [0.1, 0.15) is 0 Å². The summed E-state index contributed by atoms with van der Waals surface area (Å²) < 4.78 is 0. The van der Waals surface area contributed by atoms with E-state index < -0.39 is 0 Å². The van der Waals surface area contributed by atoms with E-state index in [0.717, 1.165) is 0 Å². The van der Waals surface area contributed by atoms with Gasteiger partial charge in [-0.05, 0) is 0 Å². The van der Waals surface area contributed by atoms with Crippen LogP contribution in [0.3, 0.4) is 0 Å². The molecule has 0 nitrogen and oxygen atoms in total. The van der Waals surface area contributed by atoms with Crippen molar-refractivity contribution in [3.8, 4) is 0 Å². The van der Waals surface area contributed by atoms with Crippen LogP contribution in [0.4, 0.5) is 0 Å². The first kappa shape index (κ1) is 31.9. The van der Waals surface area contributed by atoms with Crippen LogP contribution in [0, 0.1) is 6.58 Å². The SMILES string of the molecule is [CH-]=CC=CC.[Cl-].[Cl-].[Cl-].[Zr+4]. The van der Waals surface area contributed by atoms with Gasteiger partial charge in [0.2, 0.25) is 0 Å². The van der Waals surface area contributed by atoms with E-state index in [9.17, 15) is 0 Å². The molecule has 0 saturated carbocycles. The summed E-state index contributed by atoms with van der Waals surface area (Å²) in [6, 6.07) is 0. The largest absolute Gasteiger partial charge is 4.00 e. The normalized spacial score (nSPS) is 5.00. The molecule has 0 bridgehead atoms. The van der Waals surface area contributed by atoms with Gasteiger partial charge in [-0.3, -0.25) is 6.58 Å². The van der Waals surface area contributed by atoms with Gasteiger partial charge in [0.25, 0.3) is 0 Å². The van der Waals surface area contributed by atoms with Crippen LogP contribution in [0.5, 0.6) is 0 Å². The van der Waals surface area contributed by atoms with E-state index in [1.165, 1.54) is 6.08 Å². The molecule has 0 heterocycles. The third kappa shape index (κ3) is 46.2. The number of allylic oxidation sites excluding steroid dienone is 3. The van der Waals surface area contributed by atoms with Crippen molar-refractivity contribution in [1.29, 1.82) is 0 Å². The Hall–Kier alpha value is 1.23. The molecule has 0 aromatic carbocycles. The fraction of sp³-hybridized carbons (Fsp3) is 0.200. The molecule has 0 N–H and O–H groups in total. The molecule has 52 valence electrons. The van der Waals surface area contributed by atoms with Crippen LogP contribution < -0.4 is 37.2 Å². The van der Waals surface area contributed by atoms with Crippen molar-refractivity contribution in [3.05, 3.63) is 24.8 Å². The van der Waals surface area contributed by atoms with Crippen LogP contribution in [0.2, 0.25) is 0 Å². The van der Waals surface area contributed by atoms with Crippen molar-refractivity contribution in [2.45, 2.75) is 6.92 Å². The number of halogens is 3. The molecule has 0 spiro atoms. The Morgan fingerprint density at radius 1 is 1.11 bits per heavy atom. The molecule has 0 fully saturated rings. The van der Waals surface area contributed by atoms with Gasteiger partial charge in [0.05, 0.1) is 0 Å². The van der Waals surface area contributed by atoms with Gasteiger partial charge in [0, 0.05) is 0 Å². The smallest absolute Gasteiger partial charge is 1.00 e. The molecular weight excluding hydrogens is 258 g/mol. The third-order valence-corrected chi connectivity index (χ3v) is 0.304. The molecule has 0 aliphatic heterocycles. The molecule has 0 aliphatic rings. The second-order valence-electron chi connectivity index (χ2n) is 0.718. The Balaban J connectivity index is -0.0000000133. The van der Waals surface area contributed by atoms with Crippen molar-refractivity contribution < 1.29 is 63.4 Å². The summed E-state index contributed by atoms with van der Waals surface area (Å²) in [6.07, 6.45) is 5.15. The van der Waals surface area contributed by atoms with Gasteiger partial charge in [-0.25, -0.2) is 12.2 Å². The zero-order chi connectivity index (χ0) is 4.12. The maximum Gasteiger partial charge on any atom is 4.00 e. The quantitative estimate of drug-likeness (QED) is 0.326. The summed E-state index contributed by atoms with van der Waals surface area (Å²) >= 11 is 0. The summed E-state index contributed by atoms with van der Waals surface area (Å²) in [7, 11) is 0. The van der Waals surface area contributed by atoms with E-state index in [1.54, 1.807) is 6.08 Å². The second kappa shape index (κ2) is 34.9. The first-order chi connectivity index (χ1) is 2.41. The maximum absolute atomic E-state index is 4.93. The molecule has 0 aliphatic carbocycles. The van der Waals surface area contributed by atoms with Crippen LogP contribution in [-0.2, 0) is 26.2 Å². The van der Waals surface area contributed by atoms with E-state index in [2.05, 4.69) is 0 Å². The van der Waals surface area contributed by atoms with Crippen LogP contribution in [0.15, 0.2) is 18.2 Å². The first-order valence-corrected chi connectivity index (χ1v) is 1.58. The Bertz CT molecular complexity index is 54.2. The van der Waals surface area contributed by atoms with Gasteiger partial charge in [-0.1, -0.05) is 6.92 Å². The molecule has 0 aromatic heterocycles. The minimum atomic E-state index is 0. The van der Waals surface area contributed by atoms with Crippen molar-refractivity contribution >= 4 is 0 Å². The number of rotatable bonds is 1. The van der Waals surface area contributed by atoms with Gasteiger partial charge in [-0.2, -0.15) is 6.08 Å². The minimum Gasteiger partial charge on any atom is -1.00 e. The summed E-state index contributed by atoms with van der Waals surface area (Å²) in [5.74, 6) is 0. The van der Waals surface area contributed by atoms with E-state index in [0.29, 0.717) is 0 Å². The fourth-order valence-corrected chi connectivity index (χ4v) is 0.111. The van der Waals surface area contributed by atoms with E-state index in [4.69, 9.17) is 6.58 Å². The van der Waals surface area contributed by atoms with Gasteiger partial charge < -0.3 is 37.2 Å². The average molecular weight is 265 g/mol. The Morgan fingerprint density at radius 2 is 1.44 bits per heavy atom. The molecule has 9 heavy (non-hydrogen) atoms. The van der Waals surface area contributed by atoms with Crippen LogP contribution in [-0.4, -0.2) is 0 Å². The van der Waals surface area contributed by atoms with Crippen molar-refractivity contribution in [1.82, 2.24) is 0 Å². The summed E-state index contributed by atoms with van der Waals surface area (Å²) in [6.45, 7) is 6.85. The van der Waals surface area contributed by atoms with Crippen LogP contribution in [0.1, 0.15) is 6.92 Å². The van der Waals surface area contributed by atoms with Crippen LogP contribution in [0.25, 0.3) is 0 Å². The molecular formula is C5H7Cl3Zr.